The van der Waals surface area contributed by atoms with Crippen LogP contribution in [0.4, 0.5) is 17.3 Å². The summed E-state index contributed by atoms with van der Waals surface area (Å²) in [4.78, 5) is 10.9. The van der Waals surface area contributed by atoms with E-state index in [-0.39, 0.29) is 0 Å². The maximum absolute atomic E-state index is 5.49. The average Bonchev–Trinajstić information content (AvgIpc) is 3.01. The number of fused-ring (bicyclic) bond motifs is 1. The van der Waals surface area contributed by atoms with Gasteiger partial charge >= 0.3 is 0 Å². The third-order valence-electron chi connectivity index (χ3n) is 3.55. The summed E-state index contributed by atoms with van der Waals surface area (Å²) in [5, 5.41) is 0. The van der Waals surface area contributed by atoms with Gasteiger partial charge in [-0.15, -0.1) is 0 Å². The van der Waals surface area contributed by atoms with Crippen molar-refractivity contribution in [3.8, 4) is 0 Å². The van der Waals surface area contributed by atoms with Crippen LogP contribution in [0.3, 0.4) is 0 Å². The number of aromatic nitrogens is 3. The Morgan fingerprint density at radius 3 is 2.71 bits per heavy atom. The van der Waals surface area contributed by atoms with Crippen LogP contribution in [0.1, 0.15) is 12.5 Å². The second kappa shape index (κ2) is 5.41. The fourth-order valence-electron chi connectivity index (χ4n) is 2.29. The molecule has 2 aromatic heterocycles. The Bertz CT molecular complexity index is 746. The molecule has 0 bridgehead atoms. The molecular formula is C15H18N6. The molecule has 0 radical (unpaired) electrons. The maximum atomic E-state index is 5.49. The summed E-state index contributed by atoms with van der Waals surface area (Å²) in [7, 11) is 1.97. The topological polar surface area (TPSA) is 71.5 Å². The molecule has 2 heterocycles. The van der Waals surface area contributed by atoms with E-state index in [2.05, 4.69) is 46.6 Å². The van der Waals surface area contributed by atoms with Gasteiger partial charge in [0.1, 0.15) is 0 Å². The zero-order valence-electron chi connectivity index (χ0n) is 12.1. The minimum atomic E-state index is 0.590. The van der Waals surface area contributed by atoms with E-state index >= 15 is 0 Å². The molecule has 0 amide bonds. The van der Waals surface area contributed by atoms with Gasteiger partial charge in [0, 0.05) is 25.1 Å². The normalized spacial score (nSPS) is 10.8. The highest BCUT2D eigenvalue weighted by atomic mass is 15.3. The summed E-state index contributed by atoms with van der Waals surface area (Å²) in [5.74, 6) is 6.83. The van der Waals surface area contributed by atoms with E-state index < -0.39 is 0 Å². The van der Waals surface area contributed by atoms with E-state index in [1.54, 1.807) is 12.4 Å². The molecule has 0 spiro atoms. The first-order valence-electron chi connectivity index (χ1n) is 6.86. The van der Waals surface area contributed by atoms with Crippen molar-refractivity contribution in [1.29, 1.82) is 0 Å². The molecule has 1 aromatic carbocycles. The molecule has 3 aromatic rings. The molecule has 0 aliphatic rings. The fraction of sp³-hybridized carbons (Fsp3) is 0.200. The van der Waals surface area contributed by atoms with Crippen LogP contribution in [0.25, 0.3) is 5.65 Å². The van der Waals surface area contributed by atoms with Gasteiger partial charge in [0.25, 0.3) is 0 Å². The third-order valence-corrected chi connectivity index (χ3v) is 3.55. The standard InChI is InChI=1S/C15H18N6/c1-3-11-4-6-12(7-5-11)20(2)15-14-17-8-9-21(14)10-13(18-15)19-16/h4-10,19H,3,16H2,1-2H3. The number of nitrogen functional groups attached to an aromatic ring is 1. The lowest BCUT2D eigenvalue weighted by molar-refractivity contribution is 1.05. The second-order valence-electron chi connectivity index (χ2n) is 4.83. The van der Waals surface area contributed by atoms with Crippen molar-refractivity contribution < 1.29 is 0 Å². The molecule has 0 saturated heterocycles. The molecule has 0 fully saturated rings. The predicted octanol–water partition coefficient (Wildman–Crippen LogP) is 2.35. The monoisotopic (exact) mass is 282 g/mol. The first-order chi connectivity index (χ1) is 10.2. The number of rotatable bonds is 4. The second-order valence-corrected chi connectivity index (χ2v) is 4.83. The zero-order valence-corrected chi connectivity index (χ0v) is 12.1. The van der Waals surface area contributed by atoms with Gasteiger partial charge in [-0.05, 0) is 24.1 Å². The van der Waals surface area contributed by atoms with Crippen LogP contribution in [0.15, 0.2) is 42.9 Å². The Kier molecular flexibility index (Phi) is 3.45. The van der Waals surface area contributed by atoms with Crippen molar-refractivity contribution in [2.45, 2.75) is 13.3 Å². The Labute approximate surface area is 123 Å². The maximum Gasteiger partial charge on any atom is 0.180 e. The minimum absolute atomic E-state index is 0.590. The van der Waals surface area contributed by atoms with Crippen LogP contribution in [0, 0.1) is 0 Å². The first kappa shape index (κ1) is 13.4. The summed E-state index contributed by atoms with van der Waals surface area (Å²) >= 11 is 0. The van der Waals surface area contributed by atoms with Crippen LogP contribution in [-0.2, 0) is 6.42 Å². The molecule has 6 nitrogen and oxygen atoms in total. The Hall–Kier alpha value is -2.60. The Morgan fingerprint density at radius 2 is 2.05 bits per heavy atom. The first-order valence-corrected chi connectivity index (χ1v) is 6.86. The van der Waals surface area contributed by atoms with Crippen molar-refractivity contribution >= 4 is 23.0 Å². The van der Waals surface area contributed by atoms with Crippen molar-refractivity contribution in [3.63, 3.8) is 0 Å². The molecular weight excluding hydrogens is 264 g/mol. The van der Waals surface area contributed by atoms with Gasteiger partial charge in [0.05, 0.1) is 6.20 Å². The number of imidazole rings is 1. The Morgan fingerprint density at radius 1 is 1.29 bits per heavy atom. The summed E-state index contributed by atoms with van der Waals surface area (Å²) in [6.07, 6.45) is 6.45. The summed E-state index contributed by atoms with van der Waals surface area (Å²) < 4.78 is 1.90. The molecule has 3 N–H and O–H groups in total. The van der Waals surface area contributed by atoms with Crippen molar-refractivity contribution in [2.24, 2.45) is 5.84 Å². The Balaban J connectivity index is 2.07. The lowest BCUT2D eigenvalue weighted by Crippen LogP contribution is -2.16. The zero-order chi connectivity index (χ0) is 14.8. The molecule has 0 saturated carbocycles. The number of anilines is 3. The van der Waals surface area contributed by atoms with E-state index in [1.807, 2.05) is 22.5 Å². The summed E-state index contributed by atoms with van der Waals surface area (Å²) in [5.41, 5.74) is 5.74. The van der Waals surface area contributed by atoms with Gasteiger partial charge in [0.15, 0.2) is 17.3 Å². The molecule has 108 valence electrons. The highest BCUT2D eigenvalue weighted by Crippen LogP contribution is 2.26. The number of benzene rings is 1. The third kappa shape index (κ3) is 2.41. The van der Waals surface area contributed by atoms with Crippen LogP contribution < -0.4 is 16.2 Å². The molecule has 0 atom stereocenters. The van der Waals surface area contributed by atoms with Gasteiger partial charge in [-0.1, -0.05) is 19.1 Å². The van der Waals surface area contributed by atoms with Gasteiger partial charge in [0.2, 0.25) is 0 Å². The largest absolute Gasteiger partial charge is 0.326 e. The van der Waals surface area contributed by atoms with Gasteiger partial charge < -0.3 is 14.7 Å². The SMILES string of the molecule is CCc1ccc(N(C)c2nc(NN)cn3ccnc23)cc1. The number of nitrogens with zero attached hydrogens (tertiary/aromatic N) is 4. The number of hydrogen-bond donors (Lipinski definition) is 2. The molecule has 0 aliphatic carbocycles. The highest BCUT2D eigenvalue weighted by molar-refractivity contribution is 5.73. The molecule has 0 unspecified atom stereocenters. The van der Waals surface area contributed by atoms with Gasteiger partial charge in [-0.2, -0.15) is 0 Å². The quantitative estimate of drug-likeness (QED) is 0.567. The van der Waals surface area contributed by atoms with Crippen molar-refractivity contribution in [3.05, 3.63) is 48.4 Å². The van der Waals surface area contributed by atoms with Crippen LogP contribution in [0.2, 0.25) is 0 Å². The van der Waals surface area contributed by atoms with Gasteiger partial charge in [-0.25, -0.2) is 15.8 Å². The lowest BCUT2D eigenvalue weighted by atomic mass is 10.1. The van der Waals surface area contributed by atoms with E-state index in [0.717, 1.165) is 23.6 Å². The van der Waals surface area contributed by atoms with Gasteiger partial charge in [-0.3, -0.25) is 0 Å². The predicted molar refractivity (Wildman–Crippen MR) is 84.7 cm³/mol. The number of hydrazine groups is 1. The van der Waals surface area contributed by atoms with E-state index in [0.29, 0.717) is 5.82 Å². The minimum Gasteiger partial charge on any atom is -0.326 e. The van der Waals surface area contributed by atoms with Crippen molar-refractivity contribution in [1.82, 2.24) is 14.4 Å². The average molecular weight is 282 g/mol. The van der Waals surface area contributed by atoms with Crippen LogP contribution in [-0.4, -0.2) is 21.4 Å². The number of aryl methyl sites for hydroxylation is 1. The van der Waals surface area contributed by atoms with E-state index in [4.69, 9.17) is 5.84 Å². The van der Waals surface area contributed by atoms with E-state index in [1.165, 1.54) is 5.56 Å². The van der Waals surface area contributed by atoms with E-state index in [9.17, 15) is 0 Å². The molecule has 0 aliphatic heterocycles. The number of nitrogens with one attached hydrogen (secondary N) is 1. The lowest BCUT2D eigenvalue weighted by Gasteiger charge is -2.20. The van der Waals surface area contributed by atoms with Crippen LogP contribution in [0.5, 0.6) is 0 Å². The van der Waals surface area contributed by atoms with Crippen molar-refractivity contribution in [2.75, 3.05) is 17.4 Å². The summed E-state index contributed by atoms with van der Waals surface area (Å²) in [6.45, 7) is 2.14. The fourth-order valence-corrected chi connectivity index (χ4v) is 2.29. The molecule has 6 heteroatoms. The number of nitrogens with two attached hydrogens (primary N) is 1. The number of hydrogen-bond acceptors (Lipinski definition) is 5. The highest BCUT2D eigenvalue weighted by Gasteiger charge is 2.13. The smallest absolute Gasteiger partial charge is 0.180 e. The molecule has 21 heavy (non-hydrogen) atoms. The molecule has 3 rings (SSSR count). The van der Waals surface area contributed by atoms with Crippen LogP contribution >= 0.6 is 0 Å². The summed E-state index contributed by atoms with van der Waals surface area (Å²) in [6, 6.07) is 8.42.